The molecule has 0 spiro atoms. The monoisotopic (exact) mass is 815 g/mol. The first-order valence-electron chi connectivity index (χ1n) is 16.6. The third kappa shape index (κ3) is 7.32. The normalized spacial score (nSPS) is 11.7. The van der Waals surface area contributed by atoms with Crippen LogP contribution < -0.4 is 0 Å². The molecule has 5 aromatic carbocycles. The molecule has 0 unspecified atom stereocenters. The van der Waals surface area contributed by atoms with Crippen LogP contribution in [0, 0.1) is 6.07 Å². The van der Waals surface area contributed by atoms with Crippen molar-refractivity contribution < 1.29 is 20.1 Å². The Morgan fingerprint density at radius 1 is 0.510 bits per heavy atom. The van der Waals surface area contributed by atoms with Crippen LogP contribution in [0.5, 0.6) is 0 Å². The van der Waals surface area contributed by atoms with Crippen molar-refractivity contribution in [2.45, 2.75) is 52.4 Å². The van der Waals surface area contributed by atoms with E-state index in [1.54, 1.807) is 0 Å². The van der Waals surface area contributed by atoms with E-state index in [-0.39, 0.29) is 30.9 Å². The van der Waals surface area contributed by atoms with Crippen molar-refractivity contribution in [1.29, 1.82) is 0 Å². The number of benzene rings is 5. The minimum absolute atomic E-state index is 0. The van der Waals surface area contributed by atoms with Gasteiger partial charge in [0.2, 0.25) is 0 Å². The van der Waals surface area contributed by atoms with E-state index in [2.05, 4.69) is 163 Å². The molecule has 0 atom stereocenters. The molecule has 7 aromatic rings. The molecule has 49 heavy (non-hydrogen) atoms. The van der Waals surface area contributed by atoms with Crippen LogP contribution in [0.4, 0.5) is 0 Å². The van der Waals surface area contributed by atoms with E-state index in [4.69, 9.17) is 15.0 Å². The number of hydrogen-bond donors (Lipinski definition) is 0. The van der Waals surface area contributed by atoms with Crippen molar-refractivity contribution in [2.75, 3.05) is 0 Å². The van der Waals surface area contributed by atoms with Gasteiger partial charge in [0.1, 0.15) is 0 Å². The van der Waals surface area contributed by atoms with Crippen molar-refractivity contribution in [3.63, 3.8) is 0 Å². The second-order valence-electron chi connectivity index (χ2n) is 14.6. The summed E-state index contributed by atoms with van der Waals surface area (Å²) in [6.45, 7) is 13.4. The maximum Gasteiger partial charge on any atom is 0.160 e. The van der Waals surface area contributed by atoms with Crippen LogP contribution >= 0.6 is 0 Å². The van der Waals surface area contributed by atoms with Crippen molar-refractivity contribution in [3.8, 4) is 56.3 Å². The first kappa shape index (κ1) is 34.1. The van der Waals surface area contributed by atoms with E-state index in [0.29, 0.717) is 5.82 Å². The Bertz CT molecular complexity index is 2140. The van der Waals surface area contributed by atoms with Gasteiger partial charge in [-0.15, -0.1) is 35.4 Å². The number of nitrogens with zero attached hydrogens (tertiary/aromatic N) is 3. The molecule has 0 aliphatic heterocycles. The Balaban J connectivity index is 0.00000417. The summed E-state index contributed by atoms with van der Waals surface area (Å²) in [7, 11) is 0. The smallest absolute Gasteiger partial charge is 0.160 e. The molecule has 2 heterocycles. The Kier molecular flexibility index (Phi) is 9.49. The standard InChI is InChI=1S/C45H40N3.Ir/c1-44(2,3)37-22-18-32(19-23-37)40-29-41(33-20-24-38(25-21-33)45(4,5)6)48-43(47-40)34-16-14-30(15-17-34)35-11-9-12-36(28-35)42-39-13-8-7-10-31(39)26-27-46-42;/h7-11,13-29H,1-6H3;/q-1;. The second kappa shape index (κ2) is 13.6. The van der Waals surface area contributed by atoms with E-state index >= 15 is 0 Å². The van der Waals surface area contributed by atoms with Crippen LogP contribution in [-0.2, 0) is 30.9 Å². The average Bonchev–Trinajstić information content (AvgIpc) is 3.11. The molecule has 245 valence electrons. The topological polar surface area (TPSA) is 38.7 Å². The number of fused-ring (bicyclic) bond motifs is 1. The summed E-state index contributed by atoms with van der Waals surface area (Å²) < 4.78 is 0. The Morgan fingerprint density at radius 3 is 1.61 bits per heavy atom. The molecular weight excluding hydrogens is 775 g/mol. The third-order valence-electron chi connectivity index (χ3n) is 9.03. The Labute approximate surface area is 303 Å². The summed E-state index contributed by atoms with van der Waals surface area (Å²) in [6.07, 6.45) is 1.87. The Hall–Kier alpha value is -4.76. The first-order valence-corrected chi connectivity index (χ1v) is 16.6. The van der Waals surface area contributed by atoms with Crippen LogP contribution in [0.1, 0.15) is 52.7 Å². The molecule has 0 aliphatic rings. The quantitative estimate of drug-likeness (QED) is 0.163. The molecular formula is C45H40IrN3-. The molecule has 0 saturated carbocycles. The molecule has 0 amide bonds. The molecule has 1 radical (unpaired) electrons. The fourth-order valence-corrected chi connectivity index (χ4v) is 6.08. The van der Waals surface area contributed by atoms with E-state index in [1.807, 2.05) is 18.3 Å². The summed E-state index contributed by atoms with van der Waals surface area (Å²) in [5, 5.41) is 2.29. The fraction of sp³-hybridized carbons (Fsp3) is 0.178. The van der Waals surface area contributed by atoms with Crippen molar-refractivity contribution >= 4 is 10.8 Å². The first-order chi connectivity index (χ1) is 23.0. The van der Waals surface area contributed by atoms with Crippen LogP contribution in [0.25, 0.3) is 67.1 Å². The predicted molar refractivity (Wildman–Crippen MR) is 201 cm³/mol. The average molecular weight is 815 g/mol. The van der Waals surface area contributed by atoms with Crippen molar-refractivity contribution in [3.05, 3.63) is 151 Å². The predicted octanol–water partition coefficient (Wildman–Crippen LogP) is 11.8. The van der Waals surface area contributed by atoms with E-state index in [9.17, 15) is 0 Å². The van der Waals surface area contributed by atoms with Gasteiger partial charge >= 0.3 is 0 Å². The molecule has 4 heteroatoms. The van der Waals surface area contributed by atoms with Gasteiger partial charge in [0.25, 0.3) is 0 Å². The van der Waals surface area contributed by atoms with Gasteiger partial charge in [0, 0.05) is 43.0 Å². The number of rotatable bonds is 5. The van der Waals surface area contributed by atoms with Crippen LogP contribution in [0.3, 0.4) is 0 Å². The van der Waals surface area contributed by atoms with E-state index in [1.165, 1.54) is 16.5 Å². The summed E-state index contributed by atoms with van der Waals surface area (Å²) in [5.41, 5.74) is 11.8. The summed E-state index contributed by atoms with van der Waals surface area (Å²) in [6, 6.07) is 48.3. The van der Waals surface area contributed by atoms with Gasteiger partial charge in [-0.05, 0) is 56.1 Å². The van der Waals surface area contributed by atoms with Crippen molar-refractivity contribution in [1.82, 2.24) is 15.0 Å². The van der Waals surface area contributed by atoms with Gasteiger partial charge in [-0.3, -0.25) is 0 Å². The molecule has 0 saturated heterocycles. The van der Waals surface area contributed by atoms with Crippen LogP contribution in [-0.4, -0.2) is 15.0 Å². The molecule has 7 rings (SSSR count). The van der Waals surface area contributed by atoms with Crippen molar-refractivity contribution in [2.24, 2.45) is 0 Å². The van der Waals surface area contributed by atoms with Gasteiger partial charge in [0.05, 0.1) is 11.4 Å². The molecule has 3 nitrogen and oxygen atoms in total. The Morgan fingerprint density at radius 2 is 1.04 bits per heavy atom. The maximum atomic E-state index is 5.11. The van der Waals surface area contributed by atoms with Gasteiger partial charge < -0.3 is 4.98 Å². The molecule has 0 bridgehead atoms. The SMILES string of the molecule is CC(C)(C)c1ccc(-c2cc(-c3ccc(C(C)(C)C)cc3)nc(-c3ccc(-c4cc[c-]c(-c5nccc6ccccc56)c4)cc3)n2)cc1.[Ir]. The summed E-state index contributed by atoms with van der Waals surface area (Å²) >= 11 is 0. The van der Waals surface area contributed by atoms with Crippen LogP contribution in [0.15, 0.2) is 134 Å². The van der Waals surface area contributed by atoms with Gasteiger partial charge in [-0.25, -0.2) is 9.97 Å². The molecule has 0 fully saturated rings. The zero-order valence-electron chi connectivity index (χ0n) is 28.9. The third-order valence-corrected chi connectivity index (χ3v) is 9.03. The summed E-state index contributed by atoms with van der Waals surface area (Å²) in [4.78, 5) is 14.9. The zero-order valence-corrected chi connectivity index (χ0v) is 31.3. The minimum atomic E-state index is 0. The number of pyridine rings is 1. The largest absolute Gasteiger partial charge is 0.304 e. The van der Waals surface area contributed by atoms with E-state index < -0.39 is 0 Å². The fourth-order valence-electron chi connectivity index (χ4n) is 6.08. The maximum absolute atomic E-state index is 5.11. The van der Waals surface area contributed by atoms with E-state index in [0.717, 1.165) is 55.8 Å². The molecule has 0 aliphatic carbocycles. The second-order valence-corrected chi connectivity index (χ2v) is 14.6. The molecule has 2 aromatic heterocycles. The van der Waals surface area contributed by atoms with Gasteiger partial charge in [0.15, 0.2) is 5.82 Å². The zero-order chi connectivity index (χ0) is 33.5. The minimum Gasteiger partial charge on any atom is -0.304 e. The van der Waals surface area contributed by atoms with Crippen LogP contribution in [0.2, 0.25) is 0 Å². The number of hydrogen-bond acceptors (Lipinski definition) is 3. The van der Waals surface area contributed by atoms with Gasteiger partial charge in [-0.1, -0.05) is 139 Å². The van der Waals surface area contributed by atoms with Gasteiger partial charge in [-0.2, -0.15) is 0 Å². The molecule has 0 N–H and O–H groups in total. The summed E-state index contributed by atoms with van der Waals surface area (Å²) in [5.74, 6) is 0.705. The number of aromatic nitrogens is 3.